The highest BCUT2D eigenvalue weighted by atomic mass is 16.3. The Morgan fingerprint density at radius 3 is 2.44 bits per heavy atom. The van der Waals surface area contributed by atoms with Crippen LogP contribution in [0.25, 0.3) is 10.8 Å². The van der Waals surface area contributed by atoms with Crippen LogP contribution in [-0.4, -0.2) is 22.1 Å². The van der Waals surface area contributed by atoms with E-state index in [9.17, 15) is 9.90 Å². The summed E-state index contributed by atoms with van der Waals surface area (Å²) in [5, 5.41) is 13.2. The van der Waals surface area contributed by atoms with Crippen LogP contribution in [0.1, 0.15) is 53.0 Å². The van der Waals surface area contributed by atoms with Crippen molar-refractivity contribution >= 4 is 22.3 Å². The van der Waals surface area contributed by atoms with Gasteiger partial charge >= 0.3 is 0 Å². The molecule has 1 fully saturated rings. The highest BCUT2D eigenvalue weighted by Gasteiger charge is 2.36. The summed E-state index contributed by atoms with van der Waals surface area (Å²) in [5.41, 5.74) is 1.75. The molecule has 1 aliphatic rings. The van der Waals surface area contributed by atoms with Crippen LogP contribution in [-0.2, 0) is 11.2 Å². The van der Waals surface area contributed by atoms with Crippen LogP contribution in [0.2, 0.25) is 0 Å². The Morgan fingerprint density at radius 1 is 1.07 bits per heavy atom. The van der Waals surface area contributed by atoms with Gasteiger partial charge in [-0.2, -0.15) is 0 Å². The summed E-state index contributed by atoms with van der Waals surface area (Å²) >= 11 is 0. The number of aliphatic imine (C=N–C) groups is 1. The number of benzene rings is 2. The number of fused-ring (bicyclic) bond motifs is 1. The molecule has 1 N–H and O–H groups in total. The molecule has 0 aliphatic heterocycles. The van der Waals surface area contributed by atoms with Gasteiger partial charge < -0.3 is 5.11 Å². The molecule has 0 amide bonds. The Hall–Kier alpha value is -2.42. The number of nitrogens with zero attached hydrogens (tertiary/aromatic N) is 1. The molecule has 1 aliphatic carbocycles. The molecule has 1 saturated carbocycles. The minimum atomic E-state index is -0.298. The maximum Gasteiger partial charge on any atom is 0.168 e. The van der Waals surface area contributed by atoms with E-state index in [0.717, 1.165) is 22.0 Å². The van der Waals surface area contributed by atoms with Crippen molar-refractivity contribution in [1.82, 2.24) is 0 Å². The highest BCUT2D eigenvalue weighted by molar-refractivity contribution is 6.24. The molecule has 0 heterocycles. The van der Waals surface area contributed by atoms with E-state index in [1.807, 2.05) is 45.0 Å². The first-order valence-electron chi connectivity index (χ1n) is 9.57. The van der Waals surface area contributed by atoms with E-state index in [1.165, 1.54) is 0 Å². The van der Waals surface area contributed by atoms with Gasteiger partial charge in [-0.3, -0.25) is 9.79 Å². The van der Waals surface area contributed by atoms with Gasteiger partial charge in [-0.25, -0.2) is 0 Å². The largest absolute Gasteiger partial charge is 0.511 e. The van der Waals surface area contributed by atoms with Crippen molar-refractivity contribution in [1.29, 1.82) is 0 Å². The van der Waals surface area contributed by atoms with Crippen LogP contribution in [0.3, 0.4) is 0 Å². The van der Waals surface area contributed by atoms with Crippen molar-refractivity contribution in [2.24, 2.45) is 10.4 Å². The molecule has 0 aromatic heterocycles. The van der Waals surface area contributed by atoms with Crippen LogP contribution in [0.5, 0.6) is 0 Å². The second kappa shape index (κ2) is 6.95. The fraction of sp³-hybridized carbons (Fsp3) is 0.417. The third-order valence-corrected chi connectivity index (χ3v) is 4.85. The van der Waals surface area contributed by atoms with Crippen LogP contribution < -0.4 is 0 Å². The first kappa shape index (κ1) is 19.3. The van der Waals surface area contributed by atoms with Gasteiger partial charge in [-0.05, 0) is 48.9 Å². The van der Waals surface area contributed by atoms with Gasteiger partial charge in [0.15, 0.2) is 5.78 Å². The predicted molar refractivity (Wildman–Crippen MR) is 113 cm³/mol. The van der Waals surface area contributed by atoms with Gasteiger partial charge in [0.1, 0.15) is 5.76 Å². The molecule has 142 valence electrons. The first-order chi connectivity index (χ1) is 12.6. The lowest BCUT2D eigenvalue weighted by atomic mass is 9.73. The van der Waals surface area contributed by atoms with Gasteiger partial charge in [-0.15, -0.1) is 0 Å². The normalized spacial score (nSPS) is 20.9. The molecular formula is C24H29NO2. The van der Waals surface area contributed by atoms with E-state index < -0.39 is 0 Å². The van der Waals surface area contributed by atoms with E-state index in [4.69, 9.17) is 4.99 Å². The van der Waals surface area contributed by atoms with Crippen molar-refractivity contribution in [2.75, 3.05) is 0 Å². The maximum atomic E-state index is 12.9. The standard InChI is InChI=1S/C24H29NO2/c1-23(2,3)25-19-14-24(4,5)15-21(27)22(19)20(26)13-17-11-8-10-16-9-6-7-12-18(16)17/h6-12,26H,13-15H2,1-5H3/b22-20+,25-19?. The van der Waals surface area contributed by atoms with Crippen molar-refractivity contribution in [3.8, 4) is 0 Å². The minimum Gasteiger partial charge on any atom is -0.511 e. The molecule has 3 rings (SSSR count). The summed E-state index contributed by atoms with van der Waals surface area (Å²) in [5.74, 6) is 0.127. The Labute approximate surface area is 161 Å². The Balaban J connectivity index is 2.07. The van der Waals surface area contributed by atoms with Crippen LogP contribution in [0.4, 0.5) is 0 Å². The average Bonchev–Trinajstić information content (AvgIpc) is 2.52. The molecule has 0 radical (unpaired) electrons. The Morgan fingerprint density at radius 2 is 1.74 bits per heavy atom. The number of ketones is 1. The fourth-order valence-electron chi connectivity index (χ4n) is 3.83. The lowest BCUT2D eigenvalue weighted by molar-refractivity contribution is -0.117. The highest BCUT2D eigenvalue weighted by Crippen LogP contribution is 2.36. The molecule has 3 heteroatoms. The third-order valence-electron chi connectivity index (χ3n) is 4.85. The number of allylic oxidation sites excluding steroid dienone is 2. The third kappa shape index (κ3) is 4.47. The van der Waals surface area contributed by atoms with E-state index in [2.05, 4.69) is 32.0 Å². The summed E-state index contributed by atoms with van der Waals surface area (Å²) < 4.78 is 0. The van der Waals surface area contributed by atoms with Gasteiger partial charge in [0.25, 0.3) is 0 Å². The second-order valence-corrected chi connectivity index (χ2v) is 9.31. The Kier molecular flexibility index (Phi) is 4.98. The summed E-state index contributed by atoms with van der Waals surface area (Å²) in [6.45, 7) is 10.2. The van der Waals surface area contributed by atoms with E-state index in [0.29, 0.717) is 24.8 Å². The van der Waals surface area contributed by atoms with E-state index in [-0.39, 0.29) is 22.5 Å². The molecule has 2 aromatic rings. The number of hydrogen-bond acceptors (Lipinski definition) is 3. The molecule has 0 bridgehead atoms. The molecule has 27 heavy (non-hydrogen) atoms. The summed E-state index contributed by atoms with van der Waals surface area (Å²) in [4.78, 5) is 17.7. The van der Waals surface area contributed by atoms with Gasteiger partial charge in [0.05, 0.1) is 16.8 Å². The lowest BCUT2D eigenvalue weighted by Gasteiger charge is -2.33. The molecule has 3 nitrogen and oxygen atoms in total. The summed E-state index contributed by atoms with van der Waals surface area (Å²) in [6, 6.07) is 14.2. The maximum absolute atomic E-state index is 12.9. The summed E-state index contributed by atoms with van der Waals surface area (Å²) in [6.07, 6.45) is 1.47. The minimum absolute atomic E-state index is 0.00742. The number of rotatable bonds is 2. The van der Waals surface area contributed by atoms with Crippen molar-refractivity contribution < 1.29 is 9.90 Å². The molecule has 0 spiro atoms. The van der Waals surface area contributed by atoms with Crippen molar-refractivity contribution in [2.45, 2.75) is 59.4 Å². The average molecular weight is 364 g/mol. The zero-order chi connectivity index (χ0) is 19.8. The van der Waals surface area contributed by atoms with Crippen molar-refractivity contribution in [3.05, 3.63) is 59.4 Å². The van der Waals surface area contributed by atoms with Gasteiger partial charge in [0.2, 0.25) is 0 Å². The number of aliphatic hydroxyl groups excluding tert-OH is 1. The number of carbonyl (C=O) groups is 1. The van der Waals surface area contributed by atoms with Gasteiger partial charge in [-0.1, -0.05) is 56.3 Å². The topological polar surface area (TPSA) is 49.7 Å². The molecular weight excluding hydrogens is 334 g/mol. The smallest absolute Gasteiger partial charge is 0.168 e. The molecule has 0 saturated heterocycles. The lowest BCUT2D eigenvalue weighted by Crippen LogP contribution is -2.34. The molecule has 0 atom stereocenters. The zero-order valence-corrected chi connectivity index (χ0v) is 17.0. The number of Topliss-reactive ketones (excluding diaryl/α,β-unsaturated/α-hetero) is 1. The zero-order valence-electron chi connectivity index (χ0n) is 17.0. The number of aliphatic hydroxyl groups is 1. The second-order valence-electron chi connectivity index (χ2n) is 9.31. The van der Waals surface area contributed by atoms with Crippen LogP contribution >= 0.6 is 0 Å². The van der Waals surface area contributed by atoms with Crippen molar-refractivity contribution in [3.63, 3.8) is 0 Å². The summed E-state index contributed by atoms with van der Waals surface area (Å²) in [7, 11) is 0. The number of carbonyl (C=O) groups excluding carboxylic acids is 1. The molecule has 2 aromatic carbocycles. The number of hydrogen-bond donors (Lipinski definition) is 1. The van der Waals surface area contributed by atoms with Gasteiger partial charge in [0, 0.05) is 12.8 Å². The quantitative estimate of drug-likeness (QED) is 0.539. The fourth-order valence-corrected chi connectivity index (χ4v) is 3.83. The SMILES string of the molecule is CC1(C)CC(=O)/C(=C(/O)Cc2cccc3ccccc23)C(=NC(C)(C)C)C1. The van der Waals surface area contributed by atoms with E-state index >= 15 is 0 Å². The first-order valence-corrected chi connectivity index (χ1v) is 9.57. The van der Waals surface area contributed by atoms with E-state index in [1.54, 1.807) is 0 Å². The van der Waals surface area contributed by atoms with Crippen LogP contribution in [0.15, 0.2) is 58.8 Å². The Bertz CT molecular complexity index is 937. The molecule has 0 unspecified atom stereocenters. The van der Waals surface area contributed by atoms with Crippen LogP contribution in [0, 0.1) is 5.41 Å². The monoisotopic (exact) mass is 363 g/mol. The predicted octanol–water partition coefficient (Wildman–Crippen LogP) is 5.82.